The Balaban J connectivity index is 4.05. The highest BCUT2D eigenvalue weighted by molar-refractivity contribution is 5.71. The van der Waals surface area contributed by atoms with Gasteiger partial charge in [-0.05, 0) is 19.3 Å². The molecule has 6 nitrogen and oxygen atoms in total. The first-order valence-corrected chi connectivity index (χ1v) is 35.0. The lowest BCUT2D eigenvalue weighted by molar-refractivity contribution is -0.167. The summed E-state index contributed by atoms with van der Waals surface area (Å²) in [4.78, 5) is 38.3. The van der Waals surface area contributed by atoms with Crippen molar-refractivity contribution in [3.05, 3.63) is 0 Å². The molecular weight excluding hydrogens is 937 g/mol. The van der Waals surface area contributed by atoms with Crippen molar-refractivity contribution in [3.63, 3.8) is 0 Å². The van der Waals surface area contributed by atoms with Crippen LogP contribution in [0.25, 0.3) is 0 Å². The Morgan fingerprint density at radius 1 is 0.211 bits per heavy atom. The Morgan fingerprint density at radius 3 is 0.526 bits per heavy atom. The lowest BCUT2D eigenvalue weighted by atomic mass is 10.0. The van der Waals surface area contributed by atoms with Gasteiger partial charge in [0, 0.05) is 19.3 Å². The molecule has 76 heavy (non-hydrogen) atoms. The molecule has 0 aliphatic rings. The van der Waals surface area contributed by atoms with E-state index in [-0.39, 0.29) is 31.1 Å². The van der Waals surface area contributed by atoms with Gasteiger partial charge in [0.25, 0.3) is 0 Å². The SMILES string of the molecule is CCCCCCCCCCCCCCCCCCCCCCCCCCCCCCCCC(=O)OCC(COC(=O)CCCCCCCCCCCC)OC(=O)CCCCCCCCCCCCCCCCCCCC. The van der Waals surface area contributed by atoms with Gasteiger partial charge in [-0.2, -0.15) is 0 Å². The summed E-state index contributed by atoms with van der Waals surface area (Å²) >= 11 is 0. The minimum atomic E-state index is -0.762. The van der Waals surface area contributed by atoms with E-state index in [1.807, 2.05) is 0 Å². The fourth-order valence-electron chi connectivity index (χ4n) is 11.1. The highest BCUT2D eigenvalue weighted by Gasteiger charge is 2.19. The maximum atomic E-state index is 12.9. The summed E-state index contributed by atoms with van der Waals surface area (Å²) in [7, 11) is 0. The zero-order valence-electron chi connectivity index (χ0n) is 52.1. The summed E-state index contributed by atoms with van der Waals surface area (Å²) in [5, 5.41) is 0. The first-order chi connectivity index (χ1) is 37.5. The summed E-state index contributed by atoms with van der Waals surface area (Å²) in [6.07, 6.45) is 77.2. The van der Waals surface area contributed by atoms with Gasteiger partial charge in [-0.15, -0.1) is 0 Å². The molecule has 0 amide bonds. The smallest absolute Gasteiger partial charge is 0.306 e. The molecule has 1 unspecified atom stereocenters. The van der Waals surface area contributed by atoms with Crippen LogP contribution in [-0.4, -0.2) is 37.2 Å². The van der Waals surface area contributed by atoms with Gasteiger partial charge in [0.2, 0.25) is 0 Å². The van der Waals surface area contributed by atoms with Crippen LogP contribution in [0.2, 0.25) is 0 Å². The van der Waals surface area contributed by atoms with Crippen molar-refractivity contribution < 1.29 is 28.6 Å². The van der Waals surface area contributed by atoms with Gasteiger partial charge in [0.05, 0.1) is 0 Å². The fraction of sp³-hybridized carbons (Fsp3) is 0.957. The molecule has 452 valence electrons. The molecule has 0 radical (unpaired) electrons. The fourth-order valence-corrected chi connectivity index (χ4v) is 11.1. The van der Waals surface area contributed by atoms with Crippen molar-refractivity contribution in [2.24, 2.45) is 0 Å². The maximum Gasteiger partial charge on any atom is 0.306 e. The lowest BCUT2D eigenvalue weighted by Gasteiger charge is -2.18. The summed E-state index contributed by atoms with van der Waals surface area (Å²) in [5.74, 6) is -0.826. The van der Waals surface area contributed by atoms with E-state index in [9.17, 15) is 14.4 Å². The van der Waals surface area contributed by atoms with Crippen LogP contribution < -0.4 is 0 Å². The number of hydrogen-bond donors (Lipinski definition) is 0. The first-order valence-electron chi connectivity index (χ1n) is 35.0. The zero-order chi connectivity index (χ0) is 55.0. The topological polar surface area (TPSA) is 78.9 Å². The van der Waals surface area contributed by atoms with Gasteiger partial charge in [-0.3, -0.25) is 14.4 Å². The molecule has 0 aromatic rings. The van der Waals surface area contributed by atoms with Gasteiger partial charge < -0.3 is 14.2 Å². The van der Waals surface area contributed by atoms with Gasteiger partial charge in [-0.1, -0.05) is 374 Å². The van der Waals surface area contributed by atoms with Crippen LogP contribution in [0, 0.1) is 0 Å². The molecule has 0 fully saturated rings. The Labute approximate surface area is 476 Å². The third-order valence-corrected chi connectivity index (χ3v) is 16.4. The van der Waals surface area contributed by atoms with Crippen molar-refractivity contribution in [2.45, 2.75) is 419 Å². The Kier molecular flexibility index (Phi) is 64.5. The van der Waals surface area contributed by atoms with Crippen LogP contribution in [0.1, 0.15) is 412 Å². The number of ether oxygens (including phenoxy) is 3. The van der Waals surface area contributed by atoms with Crippen molar-refractivity contribution in [2.75, 3.05) is 13.2 Å². The second kappa shape index (κ2) is 65.9. The average Bonchev–Trinajstić information content (AvgIpc) is 3.42. The summed E-state index contributed by atoms with van der Waals surface area (Å²) in [5.41, 5.74) is 0. The number of hydrogen-bond acceptors (Lipinski definition) is 6. The molecule has 0 aliphatic heterocycles. The van der Waals surface area contributed by atoms with E-state index in [1.165, 1.54) is 315 Å². The highest BCUT2D eigenvalue weighted by atomic mass is 16.6. The predicted octanol–water partition coefficient (Wildman–Crippen LogP) is 23.8. The molecule has 0 saturated heterocycles. The van der Waals surface area contributed by atoms with Crippen LogP contribution in [0.4, 0.5) is 0 Å². The number of carbonyl (C=O) groups excluding carboxylic acids is 3. The predicted molar refractivity (Wildman–Crippen MR) is 330 cm³/mol. The average molecular weight is 1070 g/mol. The molecule has 0 spiro atoms. The summed E-state index contributed by atoms with van der Waals surface area (Å²) in [6.45, 7) is 6.72. The molecule has 0 rings (SSSR count). The monoisotopic (exact) mass is 1070 g/mol. The van der Waals surface area contributed by atoms with Crippen LogP contribution >= 0.6 is 0 Å². The largest absolute Gasteiger partial charge is 0.462 e. The molecule has 0 bridgehead atoms. The standard InChI is InChI=1S/C70H136O6/c1-4-7-10-13-16-19-22-24-26-28-30-31-32-33-34-35-36-37-38-39-40-41-43-44-46-48-51-54-57-60-63-69(72)75-66-67(65-74-68(71)62-59-56-53-50-21-18-15-12-9-6-3)76-70(73)64-61-58-55-52-49-47-45-42-29-27-25-23-20-17-14-11-8-5-2/h67H,4-66H2,1-3H3. The Morgan fingerprint density at radius 2 is 0.355 bits per heavy atom. The van der Waals surface area contributed by atoms with Crippen LogP contribution in [0.3, 0.4) is 0 Å². The molecule has 0 heterocycles. The number of esters is 3. The van der Waals surface area contributed by atoms with Crippen LogP contribution in [-0.2, 0) is 28.6 Å². The van der Waals surface area contributed by atoms with E-state index in [2.05, 4.69) is 20.8 Å². The summed E-state index contributed by atoms with van der Waals surface area (Å²) < 4.78 is 16.9. The quantitative estimate of drug-likeness (QED) is 0.0343. The van der Waals surface area contributed by atoms with Crippen molar-refractivity contribution >= 4 is 17.9 Å². The maximum absolute atomic E-state index is 12.9. The minimum absolute atomic E-state index is 0.0607. The molecule has 0 aromatic carbocycles. The second-order valence-corrected chi connectivity index (χ2v) is 24.2. The molecule has 0 N–H and O–H groups in total. The van der Waals surface area contributed by atoms with Crippen LogP contribution in [0.15, 0.2) is 0 Å². The van der Waals surface area contributed by atoms with Crippen molar-refractivity contribution in [1.82, 2.24) is 0 Å². The minimum Gasteiger partial charge on any atom is -0.462 e. The first kappa shape index (κ1) is 74.4. The van der Waals surface area contributed by atoms with E-state index in [0.29, 0.717) is 19.3 Å². The molecule has 0 aliphatic carbocycles. The van der Waals surface area contributed by atoms with E-state index < -0.39 is 6.10 Å². The zero-order valence-corrected chi connectivity index (χ0v) is 52.1. The highest BCUT2D eigenvalue weighted by Crippen LogP contribution is 2.19. The Hall–Kier alpha value is -1.59. The number of unbranched alkanes of at least 4 members (excludes halogenated alkanes) is 55. The molecule has 1 atom stereocenters. The van der Waals surface area contributed by atoms with Gasteiger partial charge in [0.15, 0.2) is 6.10 Å². The number of rotatable bonds is 66. The number of carbonyl (C=O) groups is 3. The van der Waals surface area contributed by atoms with E-state index in [1.54, 1.807) is 0 Å². The molecular formula is C70H136O6. The second-order valence-electron chi connectivity index (χ2n) is 24.2. The molecule has 0 saturated carbocycles. The van der Waals surface area contributed by atoms with E-state index in [4.69, 9.17) is 14.2 Å². The van der Waals surface area contributed by atoms with Gasteiger partial charge in [0.1, 0.15) is 13.2 Å². The molecule has 6 heteroatoms. The molecule has 0 aromatic heterocycles. The third-order valence-electron chi connectivity index (χ3n) is 16.4. The van der Waals surface area contributed by atoms with Crippen LogP contribution in [0.5, 0.6) is 0 Å². The normalized spacial score (nSPS) is 11.9. The van der Waals surface area contributed by atoms with E-state index >= 15 is 0 Å². The van der Waals surface area contributed by atoms with E-state index in [0.717, 1.165) is 57.8 Å². The van der Waals surface area contributed by atoms with Crippen molar-refractivity contribution in [3.8, 4) is 0 Å². The summed E-state index contributed by atoms with van der Waals surface area (Å²) in [6, 6.07) is 0. The van der Waals surface area contributed by atoms with Crippen molar-refractivity contribution in [1.29, 1.82) is 0 Å². The lowest BCUT2D eigenvalue weighted by Crippen LogP contribution is -2.30. The van der Waals surface area contributed by atoms with Gasteiger partial charge in [-0.25, -0.2) is 0 Å². The third kappa shape index (κ3) is 63.2. The van der Waals surface area contributed by atoms with Gasteiger partial charge >= 0.3 is 17.9 Å². The Bertz CT molecular complexity index is 1140.